The molecular weight excluding hydrogens is 354 g/mol. The number of benzene rings is 1. The second-order valence-corrected chi connectivity index (χ2v) is 8.13. The minimum atomic E-state index is -0.549. The molecule has 2 aromatic heterocycles. The minimum Gasteiger partial charge on any atom is -0.444 e. The molecule has 1 amide bonds. The van der Waals surface area contributed by atoms with E-state index in [2.05, 4.69) is 20.3 Å². The number of nitrogens with one attached hydrogen (secondary N) is 1. The molecule has 28 heavy (non-hydrogen) atoms. The Kier molecular flexibility index (Phi) is 4.45. The molecule has 3 aromatic rings. The number of rotatable bonds is 3. The van der Waals surface area contributed by atoms with Crippen molar-refractivity contribution >= 4 is 22.8 Å². The molecule has 1 aliphatic carbocycles. The largest absolute Gasteiger partial charge is 0.444 e. The highest BCUT2D eigenvalue weighted by atomic mass is 16.6. The molecule has 7 nitrogen and oxygen atoms in total. The number of fused-ring (bicyclic) bond motifs is 1. The van der Waals surface area contributed by atoms with E-state index < -0.39 is 11.7 Å². The zero-order valence-corrected chi connectivity index (χ0v) is 16.4. The predicted octanol–water partition coefficient (Wildman–Crippen LogP) is 4.35. The van der Waals surface area contributed by atoms with Crippen molar-refractivity contribution in [2.75, 3.05) is 5.32 Å². The number of anilines is 1. The minimum absolute atomic E-state index is 0.279. The molecule has 4 rings (SSSR count). The topological polar surface area (TPSA) is 89.9 Å². The summed E-state index contributed by atoms with van der Waals surface area (Å²) in [5.74, 6) is 1.43. The van der Waals surface area contributed by atoms with E-state index in [4.69, 9.17) is 9.72 Å². The maximum atomic E-state index is 12.0. The molecule has 0 saturated heterocycles. The molecule has 1 aromatic carbocycles. The van der Waals surface area contributed by atoms with Crippen molar-refractivity contribution < 1.29 is 9.53 Å². The summed E-state index contributed by atoms with van der Waals surface area (Å²) in [5.41, 5.74) is 3.49. The van der Waals surface area contributed by atoms with Crippen LogP contribution in [0, 0.1) is 6.92 Å². The van der Waals surface area contributed by atoms with E-state index in [0.717, 1.165) is 34.7 Å². The fourth-order valence-corrected chi connectivity index (χ4v) is 3.16. The fraction of sp³-hybridized carbons (Fsp3) is 0.381. The van der Waals surface area contributed by atoms with Crippen LogP contribution in [0.25, 0.3) is 11.0 Å². The molecule has 0 aliphatic heterocycles. The van der Waals surface area contributed by atoms with Gasteiger partial charge in [0.05, 0.1) is 16.7 Å². The van der Waals surface area contributed by atoms with Crippen LogP contribution in [-0.4, -0.2) is 31.6 Å². The summed E-state index contributed by atoms with van der Waals surface area (Å²) in [7, 11) is 0. The summed E-state index contributed by atoms with van der Waals surface area (Å²) in [6.07, 6.45) is 4.10. The molecule has 0 radical (unpaired) electrons. The van der Waals surface area contributed by atoms with Gasteiger partial charge in [0.1, 0.15) is 11.4 Å². The lowest BCUT2D eigenvalue weighted by Gasteiger charge is -2.19. The van der Waals surface area contributed by atoms with Crippen LogP contribution in [0.4, 0.5) is 10.5 Å². The molecule has 1 saturated carbocycles. The van der Waals surface area contributed by atoms with E-state index in [9.17, 15) is 4.79 Å². The molecule has 0 bridgehead atoms. The highest BCUT2D eigenvalue weighted by Crippen LogP contribution is 2.52. The predicted molar refractivity (Wildman–Crippen MR) is 106 cm³/mol. The fourth-order valence-electron chi connectivity index (χ4n) is 3.16. The Morgan fingerprint density at radius 3 is 2.68 bits per heavy atom. The van der Waals surface area contributed by atoms with E-state index in [1.807, 2.05) is 52.1 Å². The Labute approximate surface area is 163 Å². The summed E-state index contributed by atoms with van der Waals surface area (Å²) in [6, 6.07) is 7.35. The van der Waals surface area contributed by atoms with Crippen molar-refractivity contribution in [1.82, 2.24) is 19.9 Å². The van der Waals surface area contributed by atoms with Crippen molar-refractivity contribution in [3.63, 3.8) is 0 Å². The maximum Gasteiger partial charge on any atom is 0.412 e. The van der Waals surface area contributed by atoms with Gasteiger partial charge >= 0.3 is 6.09 Å². The lowest BCUT2D eigenvalue weighted by Crippen LogP contribution is -2.27. The van der Waals surface area contributed by atoms with Crippen molar-refractivity contribution in [2.45, 2.75) is 51.6 Å². The van der Waals surface area contributed by atoms with Gasteiger partial charge in [-0.25, -0.2) is 19.7 Å². The molecule has 1 aliphatic rings. The van der Waals surface area contributed by atoms with E-state index in [1.54, 1.807) is 12.3 Å². The molecule has 7 heteroatoms. The van der Waals surface area contributed by atoms with Gasteiger partial charge in [0.15, 0.2) is 0 Å². The monoisotopic (exact) mass is 377 g/mol. The highest BCUT2D eigenvalue weighted by molar-refractivity contribution is 5.88. The first-order valence-corrected chi connectivity index (χ1v) is 9.35. The van der Waals surface area contributed by atoms with Gasteiger partial charge in [-0.3, -0.25) is 10.3 Å². The number of aryl methyl sites for hydroxylation is 1. The van der Waals surface area contributed by atoms with Gasteiger partial charge in [0.25, 0.3) is 0 Å². The second kappa shape index (κ2) is 6.82. The summed E-state index contributed by atoms with van der Waals surface area (Å²) < 4.78 is 5.30. The molecule has 2 atom stereocenters. The van der Waals surface area contributed by atoms with Crippen LogP contribution in [0.5, 0.6) is 0 Å². The van der Waals surface area contributed by atoms with Crippen LogP contribution < -0.4 is 5.32 Å². The van der Waals surface area contributed by atoms with E-state index in [1.165, 1.54) is 0 Å². The van der Waals surface area contributed by atoms with E-state index in [0.29, 0.717) is 5.69 Å². The maximum absolute atomic E-state index is 12.0. The first-order chi connectivity index (χ1) is 13.3. The van der Waals surface area contributed by atoms with Crippen molar-refractivity contribution in [2.24, 2.45) is 0 Å². The van der Waals surface area contributed by atoms with Gasteiger partial charge < -0.3 is 4.74 Å². The number of hydrogen-bond acceptors (Lipinski definition) is 6. The molecule has 2 heterocycles. The van der Waals surface area contributed by atoms with Gasteiger partial charge in [-0.05, 0) is 58.4 Å². The average molecular weight is 377 g/mol. The van der Waals surface area contributed by atoms with Crippen LogP contribution in [0.2, 0.25) is 0 Å². The SMILES string of the molecule is Cc1ccnc([C@H]2C[C@@H]2c2cnc3ccc(NC(=O)OC(C)(C)C)cc3n2)n1. The van der Waals surface area contributed by atoms with Crippen LogP contribution >= 0.6 is 0 Å². The zero-order valence-electron chi connectivity index (χ0n) is 16.4. The summed E-state index contributed by atoms with van der Waals surface area (Å²) in [6.45, 7) is 7.45. The van der Waals surface area contributed by atoms with Crippen LogP contribution in [0.15, 0.2) is 36.7 Å². The number of carbonyl (C=O) groups excluding carboxylic acids is 1. The lowest BCUT2D eigenvalue weighted by atomic mass is 10.2. The van der Waals surface area contributed by atoms with E-state index in [-0.39, 0.29) is 11.8 Å². The number of hydrogen-bond donors (Lipinski definition) is 1. The average Bonchev–Trinajstić information content (AvgIpc) is 3.40. The molecular formula is C21H23N5O2. The lowest BCUT2D eigenvalue weighted by molar-refractivity contribution is 0.0636. The van der Waals surface area contributed by atoms with Gasteiger partial charge in [-0.2, -0.15) is 0 Å². The highest BCUT2D eigenvalue weighted by Gasteiger charge is 2.43. The smallest absolute Gasteiger partial charge is 0.412 e. The van der Waals surface area contributed by atoms with Gasteiger partial charge in [0.2, 0.25) is 0 Å². The Hall–Kier alpha value is -3.09. The Morgan fingerprint density at radius 1 is 1.11 bits per heavy atom. The third-order valence-corrected chi connectivity index (χ3v) is 4.52. The van der Waals surface area contributed by atoms with Gasteiger partial charge in [-0.1, -0.05) is 0 Å². The van der Waals surface area contributed by atoms with Gasteiger partial charge in [-0.15, -0.1) is 0 Å². The first-order valence-electron chi connectivity index (χ1n) is 9.35. The third kappa shape index (κ3) is 4.08. The number of carbonyl (C=O) groups is 1. The van der Waals surface area contributed by atoms with Crippen LogP contribution in [0.3, 0.4) is 0 Å². The zero-order chi connectivity index (χ0) is 19.9. The standard InChI is InChI=1S/C21H23N5O2/c1-12-7-8-22-19(24-12)15-10-14(15)18-11-23-16-6-5-13(9-17(16)26-18)25-20(27)28-21(2,3)4/h5-9,11,14-15H,10H2,1-4H3,(H,25,27)/t14-,15-/m0/s1. The van der Waals surface area contributed by atoms with E-state index >= 15 is 0 Å². The van der Waals surface area contributed by atoms with Crippen molar-refractivity contribution in [1.29, 1.82) is 0 Å². The Balaban J connectivity index is 1.53. The molecule has 144 valence electrons. The quantitative estimate of drug-likeness (QED) is 0.730. The Bertz CT molecular complexity index is 1040. The molecule has 0 spiro atoms. The van der Waals surface area contributed by atoms with Gasteiger partial charge in [0, 0.05) is 35.6 Å². The second-order valence-electron chi connectivity index (χ2n) is 8.13. The molecule has 1 fully saturated rings. The van der Waals surface area contributed by atoms with Crippen LogP contribution in [0.1, 0.15) is 56.2 Å². The summed E-state index contributed by atoms with van der Waals surface area (Å²) in [5, 5.41) is 2.75. The summed E-state index contributed by atoms with van der Waals surface area (Å²) >= 11 is 0. The number of amides is 1. The normalized spacial score (nSPS) is 18.7. The Morgan fingerprint density at radius 2 is 1.93 bits per heavy atom. The number of aromatic nitrogens is 4. The molecule has 1 N–H and O–H groups in total. The third-order valence-electron chi connectivity index (χ3n) is 4.52. The first kappa shape index (κ1) is 18.3. The molecule has 0 unspecified atom stereocenters. The van der Waals surface area contributed by atoms with Crippen molar-refractivity contribution in [3.05, 3.63) is 53.9 Å². The number of ether oxygens (including phenoxy) is 1. The number of nitrogens with zero attached hydrogens (tertiary/aromatic N) is 4. The summed E-state index contributed by atoms with van der Waals surface area (Å²) in [4.78, 5) is 30.2. The van der Waals surface area contributed by atoms with Crippen LogP contribution in [-0.2, 0) is 4.74 Å². The van der Waals surface area contributed by atoms with Crippen molar-refractivity contribution in [3.8, 4) is 0 Å².